The molecule has 3 aromatic rings. The zero-order valence-corrected chi connectivity index (χ0v) is 22.3. The van der Waals surface area contributed by atoms with Crippen LogP contribution in [0.15, 0.2) is 35.4 Å². The highest BCUT2D eigenvalue weighted by atomic mass is 16.5. The molecule has 8 nitrogen and oxygen atoms in total. The van der Waals surface area contributed by atoms with E-state index in [1.165, 1.54) is 30.4 Å². The number of rotatable bonds is 6. The number of ether oxygens (including phenoxy) is 1. The molecule has 0 bridgehead atoms. The van der Waals surface area contributed by atoms with Gasteiger partial charge in [-0.3, -0.25) is 4.90 Å². The number of aryl methyl sites for hydroxylation is 2. The number of hydrogen-bond donors (Lipinski definition) is 0. The van der Waals surface area contributed by atoms with Crippen LogP contribution in [0, 0.1) is 6.92 Å². The second-order valence-corrected chi connectivity index (χ2v) is 10.5. The molecule has 3 aliphatic rings. The summed E-state index contributed by atoms with van der Waals surface area (Å²) in [4.78, 5) is 15.4. The second-order valence-electron chi connectivity index (χ2n) is 10.5. The Morgan fingerprint density at radius 1 is 0.919 bits per heavy atom. The monoisotopic (exact) mass is 501 g/mol. The van der Waals surface area contributed by atoms with E-state index in [9.17, 15) is 0 Å². The molecule has 0 unspecified atom stereocenters. The minimum atomic E-state index is 0.744. The maximum Gasteiger partial charge on any atom is 0.164 e. The topological polar surface area (TPSA) is 62.0 Å². The first kappa shape index (κ1) is 24.4. The van der Waals surface area contributed by atoms with Crippen LogP contribution in [0.1, 0.15) is 56.0 Å². The van der Waals surface area contributed by atoms with Crippen molar-refractivity contribution in [2.24, 2.45) is 5.10 Å². The lowest BCUT2D eigenvalue weighted by molar-refractivity contribution is 0.123. The summed E-state index contributed by atoms with van der Waals surface area (Å²) in [6.07, 6.45) is 5.96. The van der Waals surface area contributed by atoms with E-state index in [1.54, 1.807) is 0 Å². The van der Waals surface area contributed by atoms with Gasteiger partial charge in [0.25, 0.3) is 0 Å². The summed E-state index contributed by atoms with van der Waals surface area (Å²) in [5, 5.41) is 7.23. The fraction of sp³-hybridized carbons (Fsp3) is 0.552. The molecule has 2 fully saturated rings. The number of imidazole rings is 1. The number of benzene rings is 1. The van der Waals surface area contributed by atoms with Gasteiger partial charge in [-0.25, -0.2) is 15.0 Å². The van der Waals surface area contributed by atoms with Crippen LogP contribution in [0.2, 0.25) is 0 Å². The standard InChI is InChI=1S/C29H39N7O/c1-3-35-27(21-33-12-5-4-6-13-33)30-28-25(34-15-17-37-18-16-34)20-26(31-29(28)35)36-14-8-11-24(32-36)23-10-7-9-22(2)19-23/h7,9-10,19-20H,3-6,8,11-18,21H2,1-2H3. The Bertz CT molecular complexity index is 1270. The third-order valence-corrected chi connectivity index (χ3v) is 7.87. The number of piperidine rings is 1. The van der Waals surface area contributed by atoms with Gasteiger partial charge in [0.05, 0.1) is 31.2 Å². The normalized spacial score (nSPS) is 19.5. The van der Waals surface area contributed by atoms with Crippen molar-refractivity contribution in [1.29, 1.82) is 0 Å². The summed E-state index contributed by atoms with van der Waals surface area (Å²) in [7, 11) is 0. The number of hydrogen-bond acceptors (Lipinski definition) is 7. The molecule has 0 N–H and O–H groups in total. The highest BCUT2D eigenvalue weighted by Gasteiger charge is 2.25. The number of fused-ring (bicyclic) bond motifs is 1. The number of nitrogens with zero attached hydrogens (tertiary/aromatic N) is 7. The summed E-state index contributed by atoms with van der Waals surface area (Å²) >= 11 is 0. The van der Waals surface area contributed by atoms with Gasteiger partial charge in [0.15, 0.2) is 11.5 Å². The third-order valence-electron chi connectivity index (χ3n) is 7.87. The van der Waals surface area contributed by atoms with Gasteiger partial charge >= 0.3 is 0 Å². The second kappa shape index (κ2) is 10.8. The number of morpholine rings is 1. The molecule has 1 aromatic carbocycles. The fourth-order valence-electron chi connectivity index (χ4n) is 5.89. The third kappa shape index (κ3) is 5.09. The van der Waals surface area contributed by atoms with Crippen LogP contribution in [0.4, 0.5) is 11.5 Å². The largest absolute Gasteiger partial charge is 0.378 e. The van der Waals surface area contributed by atoms with Crippen molar-refractivity contribution in [3.05, 3.63) is 47.3 Å². The summed E-state index contributed by atoms with van der Waals surface area (Å²) in [6, 6.07) is 10.9. The molecule has 5 heterocycles. The molecule has 0 aliphatic carbocycles. The SMILES string of the molecule is CCn1c(CN2CCCCC2)nc2c(N3CCOCC3)cc(N3CCCC(c4cccc(C)c4)=N3)nc21. The van der Waals surface area contributed by atoms with E-state index in [-0.39, 0.29) is 0 Å². The maximum absolute atomic E-state index is 5.68. The van der Waals surface area contributed by atoms with E-state index in [0.717, 1.165) is 106 Å². The zero-order valence-electron chi connectivity index (χ0n) is 22.3. The van der Waals surface area contributed by atoms with Crippen LogP contribution in [-0.2, 0) is 17.8 Å². The van der Waals surface area contributed by atoms with Crippen molar-refractivity contribution >= 4 is 28.4 Å². The molecule has 2 saturated heterocycles. The summed E-state index contributed by atoms with van der Waals surface area (Å²) in [5.74, 6) is 2.04. The van der Waals surface area contributed by atoms with Crippen LogP contribution >= 0.6 is 0 Å². The predicted octanol–water partition coefficient (Wildman–Crippen LogP) is 4.59. The highest BCUT2D eigenvalue weighted by molar-refractivity contribution is 6.01. The molecule has 0 saturated carbocycles. The maximum atomic E-state index is 5.68. The number of pyridine rings is 1. The van der Waals surface area contributed by atoms with E-state index in [0.29, 0.717) is 0 Å². The van der Waals surface area contributed by atoms with E-state index in [4.69, 9.17) is 19.8 Å². The van der Waals surface area contributed by atoms with Gasteiger partial charge in [0, 0.05) is 32.2 Å². The number of anilines is 2. The van der Waals surface area contributed by atoms with E-state index >= 15 is 0 Å². The lowest BCUT2D eigenvalue weighted by Gasteiger charge is -2.30. The molecular formula is C29H39N7O. The fourth-order valence-corrected chi connectivity index (χ4v) is 5.89. The molecule has 37 heavy (non-hydrogen) atoms. The number of hydrazone groups is 1. The first-order valence-corrected chi connectivity index (χ1v) is 14.1. The quantitative estimate of drug-likeness (QED) is 0.493. The van der Waals surface area contributed by atoms with Crippen molar-refractivity contribution in [1.82, 2.24) is 19.4 Å². The lowest BCUT2D eigenvalue weighted by atomic mass is 10.0. The van der Waals surface area contributed by atoms with Crippen molar-refractivity contribution in [2.45, 2.75) is 59.0 Å². The van der Waals surface area contributed by atoms with Gasteiger partial charge in [-0.15, -0.1) is 0 Å². The Morgan fingerprint density at radius 2 is 1.76 bits per heavy atom. The smallest absolute Gasteiger partial charge is 0.164 e. The van der Waals surface area contributed by atoms with Gasteiger partial charge in [0.2, 0.25) is 0 Å². The zero-order chi connectivity index (χ0) is 25.2. The Hall–Kier alpha value is -2.97. The molecule has 0 atom stereocenters. The average molecular weight is 502 g/mol. The molecule has 3 aliphatic heterocycles. The molecule has 6 rings (SSSR count). The number of aromatic nitrogens is 3. The van der Waals surface area contributed by atoms with Crippen LogP contribution in [0.5, 0.6) is 0 Å². The van der Waals surface area contributed by atoms with Gasteiger partial charge in [-0.2, -0.15) is 5.10 Å². The molecule has 0 radical (unpaired) electrons. The minimum Gasteiger partial charge on any atom is -0.378 e. The average Bonchev–Trinajstić information content (AvgIpc) is 3.30. The molecule has 0 amide bonds. The summed E-state index contributed by atoms with van der Waals surface area (Å²) in [6.45, 7) is 12.5. The van der Waals surface area contributed by atoms with E-state index in [2.05, 4.69) is 63.6 Å². The van der Waals surface area contributed by atoms with Crippen molar-refractivity contribution in [3.63, 3.8) is 0 Å². The Morgan fingerprint density at radius 3 is 2.54 bits per heavy atom. The molecule has 8 heteroatoms. The van der Waals surface area contributed by atoms with Crippen molar-refractivity contribution < 1.29 is 4.74 Å². The van der Waals surface area contributed by atoms with Gasteiger partial charge in [0.1, 0.15) is 11.3 Å². The minimum absolute atomic E-state index is 0.744. The summed E-state index contributed by atoms with van der Waals surface area (Å²) in [5.41, 5.74) is 6.76. The highest BCUT2D eigenvalue weighted by Crippen LogP contribution is 2.33. The molecule has 2 aromatic heterocycles. The van der Waals surface area contributed by atoms with E-state index < -0.39 is 0 Å². The van der Waals surface area contributed by atoms with Crippen LogP contribution in [0.3, 0.4) is 0 Å². The Kier molecular flexibility index (Phi) is 7.11. The first-order valence-electron chi connectivity index (χ1n) is 14.1. The molecule has 0 spiro atoms. The van der Waals surface area contributed by atoms with Gasteiger partial charge in [-0.1, -0.05) is 36.2 Å². The van der Waals surface area contributed by atoms with Gasteiger partial charge < -0.3 is 14.2 Å². The predicted molar refractivity (Wildman–Crippen MR) is 150 cm³/mol. The van der Waals surface area contributed by atoms with Crippen LogP contribution in [0.25, 0.3) is 11.2 Å². The Labute approximate surface area is 219 Å². The van der Waals surface area contributed by atoms with Crippen molar-refractivity contribution in [2.75, 3.05) is 55.8 Å². The van der Waals surface area contributed by atoms with Crippen LogP contribution in [-0.4, -0.2) is 71.1 Å². The van der Waals surface area contributed by atoms with Crippen LogP contribution < -0.4 is 9.91 Å². The number of likely N-dealkylation sites (tertiary alicyclic amines) is 1. The van der Waals surface area contributed by atoms with Crippen molar-refractivity contribution in [3.8, 4) is 0 Å². The Balaban J connectivity index is 1.42. The summed E-state index contributed by atoms with van der Waals surface area (Å²) < 4.78 is 8.01. The molecular weight excluding hydrogens is 462 g/mol. The van der Waals surface area contributed by atoms with Gasteiger partial charge in [-0.05, 0) is 58.2 Å². The lowest BCUT2D eigenvalue weighted by Crippen LogP contribution is -2.36. The first-order chi connectivity index (χ1) is 18.2. The van der Waals surface area contributed by atoms with E-state index in [1.807, 2.05) is 0 Å². The molecule has 196 valence electrons.